The highest BCUT2D eigenvalue weighted by molar-refractivity contribution is 9.11. The molecule has 1 saturated heterocycles. The zero-order valence-electron chi connectivity index (χ0n) is 10.1. The number of methoxy groups -OCH3 is 1. The Balaban J connectivity index is 2.09. The number of nitrogens with one attached hydrogen (secondary N) is 1. The zero-order chi connectivity index (χ0) is 14.1. The third kappa shape index (κ3) is 3.49. The Morgan fingerprint density at radius 2 is 2.42 bits per heavy atom. The first-order valence-corrected chi connectivity index (χ1v) is 8.93. The molecule has 1 aromatic heterocycles. The lowest BCUT2D eigenvalue weighted by molar-refractivity contribution is -0.0120. The number of hydrogen-bond acceptors (Lipinski definition) is 5. The third-order valence-corrected chi connectivity index (χ3v) is 7.32. The maximum Gasteiger partial charge on any atom is 0.250 e. The zero-order valence-corrected chi connectivity index (χ0v) is 14.1. The van der Waals surface area contributed by atoms with Crippen LogP contribution >= 0.6 is 38.9 Å². The fraction of sp³-hybridized carbons (Fsp3) is 0.600. The fourth-order valence-corrected chi connectivity index (χ4v) is 5.27. The number of thiophene rings is 1. The van der Waals surface area contributed by atoms with Gasteiger partial charge in [0.05, 0.1) is 15.4 Å². The lowest BCUT2D eigenvalue weighted by Crippen LogP contribution is -2.44. The molecule has 1 atom stereocenters. The molecule has 108 valence electrons. The molecule has 1 aromatic rings. The minimum Gasteiger partial charge on any atom is -0.378 e. The van der Waals surface area contributed by atoms with Crippen LogP contribution in [0.1, 0.15) is 6.42 Å². The predicted molar refractivity (Wildman–Crippen MR) is 77.4 cm³/mol. The van der Waals surface area contributed by atoms with Gasteiger partial charge in [-0.1, -0.05) is 11.6 Å². The second-order valence-corrected chi connectivity index (χ2v) is 8.97. The van der Waals surface area contributed by atoms with E-state index in [1.807, 2.05) is 0 Å². The van der Waals surface area contributed by atoms with Crippen LogP contribution in [0.25, 0.3) is 0 Å². The third-order valence-electron chi connectivity index (χ3n) is 2.97. The summed E-state index contributed by atoms with van der Waals surface area (Å²) in [6.45, 7) is 1.14. The van der Waals surface area contributed by atoms with Gasteiger partial charge in [0.25, 0.3) is 0 Å². The van der Waals surface area contributed by atoms with Crippen LogP contribution in [-0.2, 0) is 19.5 Å². The molecule has 0 aliphatic carbocycles. The SMILES string of the molecule is COC1(CNS(=O)(=O)c2cc(Cl)c(Br)s2)CCOC1. The molecule has 1 aliphatic heterocycles. The average Bonchev–Trinajstić information content (AvgIpc) is 2.96. The maximum absolute atomic E-state index is 12.1. The molecule has 19 heavy (non-hydrogen) atoms. The molecule has 0 saturated carbocycles. The lowest BCUT2D eigenvalue weighted by Gasteiger charge is -2.25. The molecule has 2 heterocycles. The van der Waals surface area contributed by atoms with Gasteiger partial charge in [0, 0.05) is 26.7 Å². The highest BCUT2D eigenvalue weighted by Gasteiger charge is 2.36. The van der Waals surface area contributed by atoms with E-state index in [9.17, 15) is 8.42 Å². The van der Waals surface area contributed by atoms with Gasteiger partial charge in [0.1, 0.15) is 9.81 Å². The normalized spacial score (nSPS) is 23.9. The van der Waals surface area contributed by atoms with Gasteiger partial charge in [-0.25, -0.2) is 13.1 Å². The van der Waals surface area contributed by atoms with Crippen LogP contribution in [0.3, 0.4) is 0 Å². The summed E-state index contributed by atoms with van der Waals surface area (Å²) in [5.41, 5.74) is -0.578. The first-order valence-electron chi connectivity index (χ1n) is 5.46. The largest absolute Gasteiger partial charge is 0.378 e. The van der Waals surface area contributed by atoms with Crippen LogP contribution < -0.4 is 4.72 Å². The minimum absolute atomic E-state index is 0.176. The number of halogens is 2. The minimum atomic E-state index is -3.58. The van der Waals surface area contributed by atoms with E-state index in [4.69, 9.17) is 21.1 Å². The topological polar surface area (TPSA) is 64.6 Å². The van der Waals surface area contributed by atoms with Gasteiger partial charge >= 0.3 is 0 Å². The smallest absolute Gasteiger partial charge is 0.250 e. The fourth-order valence-electron chi connectivity index (χ4n) is 1.72. The van der Waals surface area contributed by atoms with E-state index < -0.39 is 15.6 Å². The maximum atomic E-state index is 12.1. The second kappa shape index (κ2) is 5.97. The molecule has 0 bridgehead atoms. The van der Waals surface area contributed by atoms with Crippen LogP contribution in [0, 0.1) is 0 Å². The van der Waals surface area contributed by atoms with Crippen molar-refractivity contribution in [3.8, 4) is 0 Å². The van der Waals surface area contributed by atoms with Crippen molar-refractivity contribution in [1.29, 1.82) is 0 Å². The van der Waals surface area contributed by atoms with Gasteiger partial charge in [0.15, 0.2) is 0 Å². The van der Waals surface area contributed by atoms with Gasteiger partial charge < -0.3 is 9.47 Å². The highest BCUT2D eigenvalue weighted by atomic mass is 79.9. The Hall–Kier alpha value is 0.300. The van der Waals surface area contributed by atoms with Crippen molar-refractivity contribution in [2.24, 2.45) is 0 Å². The molecule has 5 nitrogen and oxygen atoms in total. The van der Waals surface area contributed by atoms with Crippen molar-refractivity contribution < 1.29 is 17.9 Å². The Kier molecular flexibility index (Phi) is 4.92. The van der Waals surface area contributed by atoms with E-state index in [2.05, 4.69) is 20.7 Å². The monoisotopic (exact) mass is 389 g/mol. The van der Waals surface area contributed by atoms with E-state index >= 15 is 0 Å². The van der Waals surface area contributed by atoms with E-state index in [0.717, 1.165) is 11.3 Å². The first kappa shape index (κ1) is 15.7. The molecule has 0 spiro atoms. The molecular formula is C10H13BrClNO4S2. The van der Waals surface area contributed by atoms with Crippen molar-refractivity contribution in [3.05, 3.63) is 14.9 Å². The number of ether oxygens (including phenoxy) is 2. The number of hydrogen-bond donors (Lipinski definition) is 1. The summed E-state index contributed by atoms with van der Waals surface area (Å²) >= 11 is 10.1. The summed E-state index contributed by atoms with van der Waals surface area (Å²) in [5.74, 6) is 0. The lowest BCUT2D eigenvalue weighted by atomic mass is 10.0. The van der Waals surface area contributed by atoms with Crippen molar-refractivity contribution in [3.63, 3.8) is 0 Å². The second-order valence-electron chi connectivity index (χ2n) is 4.20. The molecule has 0 aromatic carbocycles. The molecule has 0 radical (unpaired) electrons. The molecule has 2 rings (SSSR count). The van der Waals surface area contributed by atoms with Gasteiger partial charge in [-0.2, -0.15) is 0 Å². The van der Waals surface area contributed by atoms with Crippen LogP contribution in [0.4, 0.5) is 0 Å². The Labute approximate surface area is 129 Å². The highest BCUT2D eigenvalue weighted by Crippen LogP contribution is 2.34. The van der Waals surface area contributed by atoms with E-state index in [0.29, 0.717) is 28.4 Å². The van der Waals surface area contributed by atoms with Gasteiger partial charge in [-0.15, -0.1) is 11.3 Å². The molecule has 1 aliphatic rings. The molecule has 1 N–H and O–H groups in total. The van der Waals surface area contributed by atoms with Gasteiger partial charge in [0.2, 0.25) is 10.0 Å². The Morgan fingerprint density at radius 3 is 2.89 bits per heavy atom. The van der Waals surface area contributed by atoms with E-state index in [-0.39, 0.29) is 10.8 Å². The van der Waals surface area contributed by atoms with Crippen LogP contribution in [0.5, 0.6) is 0 Å². The van der Waals surface area contributed by atoms with Crippen molar-refractivity contribution in [2.45, 2.75) is 16.2 Å². The predicted octanol–water partition coefficient (Wildman–Crippen LogP) is 2.25. The Morgan fingerprint density at radius 1 is 1.68 bits per heavy atom. The number of rotatable bonds is 5. The average molecular weight is 391 g/mol. The van der Waals surface area contributed by atoms with Crippen LogP contribution in [0.2, 0.25) is 5.02 Å². The van der Waals surface area contributed by atoms with Gasteiger partial charge in [-0.05, 0) is 22.0 Å². The summed E-state index contributed by atoms with van der Waals surface area (Å²) in [4.78, 5) is 0. The molecule has 9 heteroatoms. The summed E-state index contributed by atoms with van der Waals surface area (Å²) in [6, 6.07) is 1.42. The summed E-state index contributed by atoms with van der Waals surface area (Å²) in [6.07, 6.45) is 0.668. The van der Waals surface area contributed by atoms with Crippen molar-refractivity contribution >= 4 is 48.9 Å². The molecule has 1 fully saturated rings. The summed E-state index contributed by atoms with van der Waals surface area (Å²) in [5, 5.41) is 0.385. The van der Waals surface area contributed by atoms with E-state index in [1.165, 1.54) is 6.07 Å². The quantitative estimate of drug-likeness (QED) is 0.837. The summed E-state index contributed by atoms with van der Waals surface area (Å²) < 4.78 is 38.2. The van der Waals surface area contributed by atoms with Crippen LogP contribution in [-0.4, -0.2) is 40.9 Å². The first-order chi connectivity index (χ1) is 8.88. The van der Waals surface area contributed by atoms with Crippen molar-refractivity contribution in [2.75, 3.05) is 26.9 Å². The summed E-state index contributed by atoms with van der Waals surface area (Å²) in [7, 11) is -2.02. The molecular weight excluding hydrogens is 378 g/mol. The van der Waals surface area contributed by atoms with E-state index in [1.54, 1.807) is 7.11 Å². The molecule has 1 unspecified atom stereocenters. The van der Waals surface area contributed by atoms with Gasteiger partial charge in [-0.3, -0.25) is 0 Å². The number of sulfonamides is 1. The Bertz CT molecular complexity index is 534. The standard InChI is InChI=1S/C10H13BrClNO4S2/c1-16-10(2-3-17-6-10)5-13-19(14,15)8-4-7(12)9(11)18-8/h4,13H,2-3,5-6H2,1H3. The van der Waals surface area contributed by atoms with Crippen molar-refractivity contribution in [1.82, 2.24) is 4.72 Å². The van der Waals surface area contributed by atoms with Crippen LogP contribution in [0.15, 0.2) is 14.1 Å². The molecule has 0 amide bonds.